The Bertz CT molecular complexity index is 91.4. The van der Waals surface area contributed by atoms with Crippen LogP contribution in [0.25, 0.3) is 0 Å². The summed E-state index contributed by atoms with van der Waals surface area (Å²) in [6.45, 7) is 17.3. The van der Waals surface area contributed by atoms with Crippen LogP contribution < -0.4 is 0 Å². The molecule has 0 amide bonds. The highest BCUT2D eigenvalue weighted by molar-refractivity contribution is 6.96. The van der Waals surface area contributed by atoms with Crippen LogP contribution in [0.5, 0.6) is 0 Å². The molecule has 0 spiro atoms. The minimum absolute atomic E-state index is 0.834. The first-order valence-electron chi connectivity index (χ1n) is 4.15. The van der Waals surface area contributed by atoms with Gasteiger partial charge in [0.05, 0.1) is 0 Å². The molecule has 0 rings (SSSR count). The predicted octanol–water partition coefficient (Wildman–Crippen LogP) is 3.59. The molecule has 0 aromatic rings. The summed E-state index contributed by atoms with van der Waals surface area (Å²) in [5.74, 6) is 0. The molecule has 0 nitrogen and oxygen atoms in total. The summed E-state index contributed by atoms with van der Waals surface area (Å²) in [5.41, 5.74) is 0. The van der Waals surface area contributed by atoms with Gasteiger partial charge in [0.2, 0.25) is 0 Å². The predicted molar refractivity (Wildman–Crippen MR) is 56.1 cm³/mol. The van der Waals surface area contributed by atoms with Crippen LogP contribution in [-0.2, 0) is 0 Å². The van der Waals surface area contributed by atoms with Crippen LogP contribution in [0.15, 0.2) is 0 Å². The van der Waals surface area contributed by atoms with Crippen molar-refractivity contribution in [1.82, 2.24) is 0 Å². The lowest BCUT2D eigenvalue weighted by Crippen LogP contribution is -2.41. The highest BCUT2D eigenvalue weighted by atomic mass is 28.4. The maximum Gasteiger partial charge on any atom is 0.0444 e. The second-order valence-corrected chi connectivity index (χ2v) is 17.2. The van der Waals surface area contributed by atoms with Crippen molar-refractivity contribution in [1.29, 1.82) is 0 Å². The third kappa shape index (κ3) is 3.01. The van der Waals surface area contributed by atoms with E-state index >= 15 is 0 Å². The monoisotopic (exact) mass is 174 g/mol. The molecule has 0 aromatic heterocycles. The average molecular weight is 174 g/mol. The zero-order chi connectivity index (χ0) is 8.58. The van der Waals surface area contributed by atoms with Crippen molar-refractivity contribution in [2.75, 3.05) is 0 Å². The van der Waals surface area contributed by atoms with Crippen LogP contribution >= 0.6 is 0 Å². The number of hydrogen-bond donors (Lipinski definition) is 0. The first-order chi connectivity index (χ1) is 4.15. The molecule has 0 aliphatic carbocycles. The van der Waals surface area contributed by atoms with E-state index in [1.165, 1.54) is 0 Å². The highest BCUT2D eigenvalue weighted by Gasteiger charge is 2.33. The summed E-state index contributed by atoms with van der Waals surface area (Å²) in [6.07, 6.45) is 0. The molecule has 62 valence electrons. The molecule has 0 aliphatic rings. The van der Waals surface area contributed by atoms with Crippen LogP contribution in [0, 0.1) is 0 Å². The second kappa shape index (κ2) is 2.82. The van der Waals surface area contributed by atoms with Gasteiger partial charge in [-0.05, 0) is 0 Å². The minimum atomic E-state index is -0.834. The van der Waals surface area contributed by atoms with Crippen molar-refractivity contribution in [2.45, 2.75) is 51.4 Å². The first kappa shape index (κ1) is 10.4. The number of hydrogen-bond acceptors (Lipinski definition) is 0. The molecular formula is C8H22Si2. The topological polar surface area (TPSA) is 0 Å². The van der Waals surface area contributed by atoms with Gasteiger partial charge >= 0.3 is 0 Å². The van der Waals surface area contributed by atoms with Crippen molar-refractivity contribution in [3.63, 3.8) is 0 Å². The van der Waals surface area contributed by atoms with Crippen LogP contribution in [0.2, 0.25) is 44.4 Å². The Balaban J connectivity index is 4.23. The molecule has 0 unspecified atom stereocenters. The third-order valence-electron chi connectivity index (χ3n) is 2.60. The Hall–Kier alpha value is 0.434. The van der Waals surface area contributed by atoms with Gasteiger partial charge in [0, 0.05) is 16.1 Å². The maximum absolute atomic E-state index is 2.48. The molecule has 0 fully saturated rings. The fraction of sp³-hybridized carbons (Fsp3) is 1.00. The maximum atomic E-state index is 2.48. The molecule has 0 heterocycles. The summed E-state index contributed by atoms with van der Waals surface area (Å²) in [7, 11) is -1.67. The molecule has 2 heteroatoms. The zero-order valence-electron chi connectivity index (χ0n) is 8.58. The van der Waals surface area contributed by atoms with Gasteiger partial charge in [-0.2, -0.15) is 0 Å². The fourth-order valence-corrected chi connectivity index (χ4v) is 11.7. The van der Waals surface area contributed by atoms with Gasteiger partial charge in [0.1, 0.15) is 0 Å². The van der Waals surface area contributed by atoms with Gasteiger partial charge in [-0.3, -0.25) is 0 Å². The zero-order valence-corrected chi connectivity index (χ0v) is 10.6. The van der Waals surface area contributed by atoms with Crippen molar-refractivity contribution >= 4 is 16.1 Å². The van der Waals surface area contributed by atoms with Gasteiger partial charge in [-0.25, -0.2) is 0 Å². The Kier molecular flexibility index (Phi) is 2.94. The lowest BCUT2D eigenvalue weighted by Gasteiger charge is -2.35. The van der Waals surface area contributed by atoms with E-state index in [0.717, 1.165) is 5.16 Å². The van der Waals surface area contributed by atoms with Crippen LogP contribution in [-0.4, -0.2) is 16.1 Å². The molecule has 0 aliphatic heterocycles. The summed E-state index contributed by atoms with van der Waals surface area (Å²) in [5, 5.41) is 1.04. The van der Waals surface area contributed by atoms with Gasteiger partial charge in [0.15, 0.2) is 0 Å². The SMILES string of the molecule is CC([Si](C)(C)C)[Si](C)(C)C. The van der Waals surface area contributed by atoms with Crippen LogP contribution in [0.3, 0.4) is 0 Å². The van der Waals surface area contributed by atoms with Crippen LogP contribution in [0.4, 0.5) is 0 Å². The Morgan fingerprint density at radius 2 is 0.900 bits per heavy atom. The van der Waals surface area contributed by atoms with E-state index < -0.39 is 16.1 Å². The van der Waals surface area contributed by atoms with Gasteiger partial charge < -0.3 is 0 Å². The van der Waals surface area contributed by atoms with Crippen molar-refractivity contribution in [2.24, 2.45) is 0 Å². The van der Waals surface area contributed by atoms with Gasteiger partial charge in [-0.1, -0.05) is 51.4 Å². The van der Waals surface area contributed by atoms with E-state index in [1.807, 2.05) is 0 Å². The second-order valence-electron chi connectivity index (χ2n) is 5.45. The Labute approximate surface area is 68.1 Å². The quantitative estimate of drug-likeness (QED) is 0.561. The summed E-state index contributed by atoms with van der Waals surface area (Å²) < 4.78 is 0. The fourth-order valence-electron chi connectivity index (χ4n) is 1.30. The van der Waals surface area contributed by atoms with Crippen LogP contribution in [0.1, 0.15) is 6.92 Å². The summed E-state index contributed by atoms with van der Waals surface area (Å²) in [4.78, 5) is 0. The summed E-state index contributed by atoms with van der Waals surface area (Å²) in [6, 6.07) is 0. The first-order valence-corrected chi connectivity index (χ1v) is 11.3. The van der Waals surface area contributed by atoms with E-state index in [2.05, 4.69) is 46.2 Å². The molecule has 10 heavy (non-hydrogen) atoms. The van der Waals surface area contributed by atoms with E-state index in [0.29, 0.717) is 0 Å². The summed E-state index contributed by atoms with van der Waals surface area (Å²) >= 11 is 0. The van der Waals surface area contributed by atoms with E-state index in [4.69, 9.17) is 0 Å². The Morgan fingerprint density at radius 3 is 0.900 bits per heavy atom. The minimum Gasteiger partial charge on any atom is -0.0696 e. The lowest BCUT2D eigenvalue weighted by atomic mass is 10.9. The molecule has 0 aromatic carbocycles. The number of rotatable bonds is 2. The van der Waals surface area contributed by atoms with E-state index in [1.54, 1.807) is 0 Å². The normalized spacial score (nSPS) is 14.4. The molecule has 0 radical (unpaired) electrons. The lowest BCUT2D eigenvalue weighted by molar-refractivity contribution is 1.17. The van der Waals surface area contributed by atoms with Crippen molar-refractivity contribution < 1.29 is 0 Å². The van der Waals surface area contributed by atoms with Crippen molar-refractivity contribution in [3.8, 4) is 0 Å². The standard InChI is InChI=1S/C8H22Si2/c1-8(9(2,3)4)10(5,6)7/h8H,1-7H3. The van der Waals surface area contributed by atoms with E-state index in [9.17, 15) is 0 Å². The highest BCUT2D eigenvalue weighted by Crippen LogP contribution is 2.30. The molecule has 0 atom stereocenters. The average Bonchev–Trinajstić information content (AvgIpc) is 1.59. The molecular weight excluding hydrogens is 152 g/mol. The molecule has 0 saturated carbocycles. The van der Waals surface area contributed by atoms with E-state index in [-0.39, 0.29) is 0 Å². The smallest absolute Gasteiger partial charge is 0.0444 e. The van der Waals surface area contributed by atoms with Gasteiger partial charge in [-0.15, -0.1) is 0 Å². The third-order valence-corrected chi connectivity index (χ3v) is 13.0. The molecule has 0 bridgehead atoms. The largest absolute Gasteiger partial charge is 0.0696 e. The van der Waals surface area contributed by atoms with Gasteiger partial charge in [0.25, 0.3) is 0 Å². The molecule has 0 N–H and O–H groups in total. The Morgan fingerprint density at radius 1 is 0.700 bits per heavy atom. The van der Waals surface area contributed by atoms with Crippen molar-refractivity contribution in [3.05, 3.63) is 0 Å². The molecule has 0 saturated heterocycles.